The number of fused-ring (bicyclic) bond motifs is 1. The molecule has 0 amide bonds. The SMILES string of the molecule is CS(=O)(=O)O.c1ccc(Nc2ncnc3cccnc23)cc1. The zero-order valence-corrected chi connectivity index (χ0v) is 12.5. The Hall–Kier alpha value is -2.58. The van der Waals surface area contributed by atoms with Gasteiger partial charge in [0.25, 0.3) is 10.1 Å². The van der Waals surface area contributed by atoms with Crippen molar-refractivity contribution in [3.63, 3.8) is 0 Å². The van der Waals surface area contributed by atoms with Crippen LogP contribution in [0.5, 0.6) is 0 Å². The molecule has 7 nitrogen and oxygen atoms in total. The molecular weight excluding hydrogens is 304 g/mol. The predicted octanol–water partition coefficient (Wildman–Crippen LogP) is 2.27. The third-order valence-corrected chi connectivity index (χ3v) is 2.43. The second-order valence-corrected chi connectivity index (χ2v) is 5.78. The van der Waals surface area contributed by atoms with Crippen molar-refractivity contribution >= 4 is 32.7 Å². The van der Waals surface area contributed by atoms with Gasteiger partial charge in [-0.05, 0) is 24.3 Å². The van der Waals surface area contributed by atoms with Gasteiger partial charge in [0.15, 0.2) is 5.82 Å². The molecule has 0 aliphatic rings. The predicted molar refractivity (Wildman–Crippen MR) is 84.5 cm³/mol. The minimum Gasteiger partial charge on any atom is -0.338 e. The molecule has 0 bridgehead atoms. The molecule has 3 aromatic rings. The van der Waals surface area contributed by atoms with Crippen LogP contribution in [0, 0.1) is 0 Å². The molecule has 0 radical (unpaired) electrons. The van der Waals surface area contributed by atoms with Crippen LogP contribution in [0.15, 0.2) is 55.0 Å². The fourth-order valence-corrected chi connectivity index (χ4v) is 1.64. The van der Waals surface area contributed by atoms with Gasteiger partial charge < -0.3 is 5.32 Å². The molecule has 0 aliphatic carbocycles. The lowest BCUT2D eigenvalue weighted by Crippen LogP contribution is -1.96. The summed E-state index contributed by atoms with van der Waals surface area (Å²) in [7, 11) is -3.67. The summed E-state index contributed by atoms with van der Waals surface area (Å²) in [5.41, 5.74) is 2.60. The molecule has 3 rings (SSSR count). The van der Waals surface area contributed by atoms with Gasteiger partial charge in [0.1, 0.15) is 11.8 Å². The molecule has 2 N–H and O–H groups in total. The maximum absolute atomic E-state index is 9.19. The lowest BCUT2D eigenvalue weighted by Gasteiger charge is -2.06. The van der Waals surface area contributed by atoms with Crippen LogP contribution in [-0.4, -0.2) is 34.2 Å². The number of hydrogen-bond donors (Lipinski definition) is 2. The van der Waals surface area contributed by atoms with Gasteiger partial charge in [0, 0.05) is 11.9 Å². The van der Waals surface area contributed by atoms with Crippen molar-refractivity contribution in [3.05, 3.63) is 55.0 Å². The van der Waals surface area contributed by atoms with Crippen LogP contribution in [0.4, 0.5) is 11.5 Å². The van der Waals surface area contributed by atoms with Crippen molar-refractivity contribution in [3.8, 4) is 0 Å². The van der Waals surface area contributed by atoms with E-state index in [4.69, 9.17) is 4.55 Å². The van der Waals surface area contributed by atoms with Crippen molar-refractivity contribution in [2.24, 2.45) is 0 Å². The summed E-state index contributed by atoms with van der Waals surface area (Å²) in [6.45, 7) is 0. The van der Waals surface area contributed by atoms with Crippen molar-refractivity contribution < 1.29 is 13.0 Å². The zero-order valence-electron chi connectivity index (χ0n) is 11.7. The molecule has 0 aliphatic heterocycles. The number of para-hydroxylation sites is 1. The lowest BCUT2D eigenvalue weighted by molar-refractivity contribution is 0.490. The highest BCUT2D eigenvalue weighted by Gasteiger charge is 2.03. The number of nitrogens with one attached hydrogen (secondary N) is 1. The van der Waals surface area contributed by atoms with E-state index in [1.54, 1.807) is 6.20 Å². The van der Waals surface area contributed by atoms with Crippen LogP contribution >= 0.6 is 0 Å². The topological polar surface area (TPSA) is 105 Å². The summed E-state index contributed by atoms with van der Waals surface area (Å²) in [5.74, 6) is 0.724. The number of benzene rings is 1. The number of nitrogens with zero attached hydrogens (tertiary/aromatic N) is 3. The van der Waals surface area contributed by atoms with Gasteiger partial charge in [-0.1, -0.05) is 18.2 Å². The van der Waals surface area contributed by atoms with E-state index in [1.807, 2.05) is 42.5 Å². The van der Waals surface area contributed by atoms with E-state index in [0.29, 0.717) is 6.26 Å². The van der Waals surface area contributed by atoms with Crippen LogP contribution in [0.2, 0.25) is 0 Å². The lowest BCUT2D eigenvalue weighted by atomic mass is 10.3. The van der Waals surface area contributed by atoms with Gasteiger partial charge in [0.2, 0.25) is 0 Å². The largest absolute Gasteiger partial charge is 0.338 e. The van der Waals surface area contributed by atoms with E-state index in [2.05, 4.69) is 20.3 Å². The summed E-state index contributed by atoms with van der Waals surface area (Å²) in [4.78, 5) is 12.7. The quantitative estimate of drug-likeness (QED) is 0.698. The highest BCUT2D eigenvalue weighted by molar-refractivity contribution is 7.85. The second-order valence-electron chi connectivity index (χ2n) is 4.32. The fraction of sp³-hybridized carbons (Fsp3) is 0.0714. The van der Waals surface area contributed by atoms with E-state index >= 15 is 0 Å². The first-order valence-electron chi connectivity index (χ1n) is 6.24. The molecule has 0 fully saturated rings. The summed E-state index contributed by atoms with van der Waals surface area (Å²) >= 11 is 0. The summed E-state index contributed by atoms with van der Waals surface area (Å²) in [6, 6.07) is 13.7. The number of anilines is 2. The molecule has 22 heavy (non-hydrogen) atoms. The van der Waals surface area contributed by atoms with Gasteiger partial charge in [-0.2, -0.15) is 8.42 Å². The smallest absolute Gasteiger partial charge is 0.261 e. The Kier molecular flexibility index (Phi) is 4.97. The molecule has 1 aromatic carbocycles. The normalized spacial score (nSPS) is 10.6. The maximum Gasteiger partial charge on any atom is 0.261 e. The molecule has 2 heterocycles. The van der Waals surface area contributed by atoms with Gasteiger partial charge in [0.05, 0.1) is 11.8 Å². The Morgan fingerprint density at radius 1 is 1.00 bits per heavy atom. The van der Waals surface area contributed by atoms with Crippen molar-refractivity contribution in [2.45, 2.75) is 0 Å². The van der Waals surface area contributed by atoms with Crippen molar-refractivity contribution in [1.82, 2.24) is 15.0 Å². The van der Waals surface area contributed by atoms with Crippen LogP contribution in [0.3, 0.4) is 0 Å². The third-order valence-electron chi connectivity index (χ3n) is 2.43. The Labute approximate surface area is 127 Å². The van der Waals surface area contributed by atoms with Crippen LogP contribution < -0.4 is 5.32 Å². The molecule has 0 spiro atoms. The van der Waals surface area contributed by atoms with E-state index in [0.717, 1.165) is 22.5 Å². The molecule has 8 heteroatoms. The van der Waals surface area contributed by atoms with Crippen molar-refractivity contribution in [2.75, 3.05) is 11.6 Å². The number of pyridine rings is 1. The van der Waals surface area contributed by atoms with Crippen LogP contribution in [0.1, 0.15) is 0 Å². The third kappa shape index (κ3) is 5.08. The average molecular weight is 318 g/mol. The Bertz CT molecular complexity index is 841. The van der Waals surface area contributed by atoms with Gasteiger partial charge in [-0.25, -0.2) is 9.97 Å². The van der Waals surface area contributed by atoms with E-state index in [-0.39, 0.29) is 0 Å². The maximum atomic E-state index is 9.19. The molecule has 114 valence electrons. The van der Waals surface area contributed by atoms with Gasteiger partial charge >= 0.3 is 0 Å². The summed E-state index contributed by atoms with van der Waals surface area (Å²) in [6.07, 6.45) is 3.99. The Balaban J connectivity index is 0.000000309. The number of hydrogen-bond acceptors (Lipinski definition) is 6. The average Bonchev–Trinajstić information content (AvgIpc) is 2.47. The number of aromatic nitrogens is 3. The summed E-state index contributed by atoms with van der Waals surface area (Å²) in [5, 5.41) is 3.23. The minimum atomic E-state index is -3.67. The number of rotatable bonds is 2. The molecule has 0 saturated heterocycles. The fourth-order valence-electron chi connectivity index (χ4n) is 1.64. The zero-order chi connectivity index (χ0) is 16.0. The molecule has 0 saturated carbocycles. The highest BCUT2D eigenvalue weighted by Crippen LogP contribution is 2.19. The Morgan fingerprint density at radius 2 is 1.68 bits per heavy atom. The molecular formula is C14H14N4O3S. The molecule has 0 atom stereocenters. The van der Waals surface area contributed by atoms with Crippen molar-refractivity contribution in [1.29, 1.82) is 0 Å². The first-order valence-corrected chi connectivity index (χ1v) is 8.08. The Morgan fingerprint density at radius 3 is 2.36 bits per heavy atom. The van der Waals surface area contributed by atoms with Crippen LogP contribution in [0.25, 0.3) is 11.0 Å². The molecule has 0 unspecified atom stereocenters. The standard InChI is InChI=1S/C13H10N4.CH4O3S/c1-2-5-10(6-3-1)17-13-12-11(15-9-16-13)7-4-8-14-12;1-5(2,3)4/h1-9H,(H,15,16,17);1H3,(H,2,3,4). The molecule has 2 aromatic heterocycles. The van der Waals surface area contributed by atoms with Crippen LogP contribution in [-0.2, 0) is 10.1 Å². The minimum absolute atomic E-state index is 0.715. The van der Waals surface area contributed by atoms with Gasteiger partial charge in [-0.3, -0.25) is 9.54 Å². The van der Waals surface area contributed by atoms with E-state index in [9.17, 15) is 8.42 Å². The van der Waals surface area contributed by atoms with E-state index in [1.165, 1.54) is 6.33 Å². The van der Waals surface area contributed by atoms with E-state index < -0.39 is 10.1 Å². The first-order chi connectivity index (χ1) is 10.4. The summed E-state index contributed by atoms with van der Waals surface area (Å²) < 4.78 is 25.9. The van der Waals surface area contributed by atoms with Gasteiger partial charge in [-0.15, -0.1) is 0 Å². The second kappa shape index (κ2) is 6.92. The highest BCUT2D eigenvalue weighted by atomic mass is 32.2. The first kappa shape index (κ1) is 15.8. The monoisotopic (exact) mass is 318 g/mol.